The van der Waals surface area contributed by atoms with E-state index in [1.54, 1.807) is 7.11 Å². The van der Waals surface area contributed by atoms with Crippen LogP contribution in [0.2, 0.25) is 5.02 Å². The minimum absolute atomic E-state index is 0. The van der Waals surface area contributed by atoms with Crippen molar-refractivity contribution in [2.45, 2.75) is 50.2 Å². The first kappa shape index (κ1) is 20.2. The Kier molecular flexibility index (Phi) is 8.34. The van der Waals surface area contributed by atoms with E-state index >= 15 is 0 Å². The van der Waals surface area contributed by atoms with Gasteiger partial charge in [-0.2, -0.15) is 0 Å². The smallest absolute Gasteiger partial charge is 0.223 e. The average molecular weight is 361 g/mol. The number of methoxy groups -OCH3 is 1. The quantitative estimate of drug-likeness (QED) is 0.816. The summed E-state index contributed by atoms with van der Waals surface area (Å²) in [5.74, 6) is -0.00542. The molecule has 130 valence electrons. The standard InChI is InChI=1S/C17H25ClN2O2.ClH/c1-22-15(12-19)11-16(21)20-17(9-3-2-4-10-17)13-5-7-14(18)8-6-13;/h5-8,15H,2-4,9-12,19H2,1H3,(H,20,21);1H. The zero-order valence-electron chi connectivity index (χ0n) is 13.5. The van der Waals surface area contributed by atoms with Crippen molar-refractivity contribution in [1.82, 2.24) is 5.32 Å². The van der Waals surface area contributed by atoms with Crippen LogP contribution in [0, 0.1) is 0 Å². The Hall–Kier alpha value is -0.810. The van der Waals surface area contributed by atoms with Gasteiger partial charge in [0.2, 0.25) is 5.91 Å². The topological polar surface area (TPSA) is 64.3 Å². The van der Waals surface area contributed by atoms with Crippen LogP contribution in [0.15, 0.2) is 24.3 Å². The van der Waals surface area contributed by atoms with Crippen LogP contribution in [-0.2, 0) is 15.1 Å². The van der Waals surface area contributed by atoms with Gasteiger partial charge in [0, 0.05) is 18.7 Å². The van der Waals surface area contributed by atoms with Gasteiger partial charge in [0.1, 0.15) is 0 Å². The molecule has 1 aliphatic carbocycles. The molecular weight excluding hydrogens is 335 g/mol. The maximum Gasteiger partial charge on any atom is 0.223 e. The van der Waals surface area contributed by atoms with Crippen molar-refractivity contribution in [3.05, 3.63) is 34.9 Å². The van der Waals surface area contributed by atoms with E-state index in [9.17, 15) is 4.79 Å². The van der Waals surface area contributed by atoms with Crippen LogP contribution >= 0.6 is 24.0 Å². The summed E-state index contributed by atoms with van der Waals surface area (Å²) in [6.45, 7) is 0.345. The Morgan fingerprint density at radius 1 is 1.30 bits per heavy atom. The maximum absolute atomic E-state index is 12.4. The third-order valence-corrected chi connectivity index (χ3v) is 4.74. The molecule has 1 unspecified atom stereocenters. The number of benzene rings is 1. The van der Waals surface area contributed by atoms with Crippen molar-refractivity contribution in [3.63, 3.8) is 0 Å². The van der Waals surface area contributed by atoms with Gasteiger partial charge in [0.05, 0.1) is 18.1 Å². The van der Waals surface area contributed by atoms with Crippen molar-refractivity contribution in [2.75, 3.05) is 13.7 Å². The molecule has 0 spiro atoms. The molecule has 0 radical (unpaired) electrons. The van der Waals surface area contributed by atoms with Crippen LogP contribution in [0.1, 0.15) is 44.1 Å². The molecule has 0 bridgehead atoms. The average Bonchev–Trinajstić information content (AvgIpc) is 2.54. The minimum Gasteiger partial charge on any atom is -0.380 e. The molecule has 0 aromatic heterocycles. The fourth-order valence-electron chi connectivity index (χ4n) is 3.20. The van der Waals surface area contributed by atoms with Gasteiger partial charge in [-0.3, -0.25) is 4.79 Å². The molecule has 6 heteroatoms. The highest BCUT2D eigenvalue weighted by molar-refractivity contribution is 6.30. The summed E-state index contributed by atoms with van der Waals surface area (Å²) in [7, 11) is 1.58. The van der Waals surface area contributed by atoms with E-state index in [0.29, 0.717) is 18.0 Å². The van der Waals surface area contributed by atoms with Crippen LogP contribution in [0.3, 0.4) is 0 Å². The van der Waals surface area contributed by atoms with Crippen molar-refractivity contribution >= 4 is 29.9 Å². The zero-order chi connectivity index (χ0) is 16.0. The lowest BCUT2D eigenvalue weighted by Crippen LogP contribution is -2.48. The number of amides is 1. The van der Waals surface area contributed by atoms with Gasteiger partial charge in [-0.1, -0.05) is 43.0 Å². The second kappa shape index (κ2) is 9.48. The number of carbonyl (C=O) groups is 1. The molecule has 1 aliphatic rings. The van der Waals surface area contributed by atoms with Gasteiger partial charge in [-0.15, -0.1) is 12.4 Å². The molecule has 0 saturated heterocycles. The van der Waals surface area contributed by atoms with E-state index < -0.39 is 0 Å². The van der Waals surface area contributed by atoms with E-state index in [0.717, 1.165) is 31.2 Å². The summed E-state index contributed by atoms with van der Waals surface area (Å²) in [6, 6.07) is 7.81. The highest BCUT2D eigenvalue weighted by atomic mass is 35.5. The van der Waals surface area contributed by atoms with E-state index in [4.69, 9.17) is 22.1 Å². The number of halogens is 2. The normalized spacial score (nSPS) is 17.9. The first-order valence-electron chi connectivity index (χ1n) is 7.89. The number of carbonyl (C=O) groups excluding carboxylic acids is 1. The Bertz CT molecular complexity index is 484. The molecule has 1 atom stereocenters. The number of hydrogen-bond acceptors (Lipinski definition) is 3. The number of nitrogens with one attached hydrogen (secondary N) is 1. The Labute approximate surface area is 149 Å². The first-order chi connectivity index (χ1) is 10.6. The molecule has 3 N–H and O–H groups in total. The highest BCUT2D eigenvalue weighted by Gasteiger charge is 2.35. The second-order valence-corrected chi connectivity index (χ2v) is 6.43. The SMILES string of the molecule is COC(CN)CC(=O)NC1(c2ccc(Cl)cc2)CCCCC1.Cl. The van der Waals surface area contributed by atoms with Crippen molar-refractivity contribution in [3.8, 4) is 0 Å². The summed E-state index contributed by atoms with van der Waals surface area (Å²) < 4.78 is 5.21. The molecule has 1 aromatic carbocycles. The van der Waals surface area contributed by atoms with Crippen LogP contribution in [0.25, 0.3) is 0 Å². The van der Waals surface area contributed by atoms with Crippen LogP contribution in [0.4, 0.5) is 0 Å². The lowest BCUT2D eigenvalue weighted by atomic mass is 9.76. The summed E-state index contributed by atoms with van der Waals surface area (Å²) in [5, 5.41) is 3.96. The monoisotopic (exact) mass is 360 g/mol. The predicted molar refractivity (Wildman–Crippen MR) is 96.1 cm³/mol. The number of rotatable bonds is 6. The van der Waals surface area contributed by atoms with Crippen molar-refractivity contribution in [2.24, 2.45) is 5.73 Å². The van der Waals surface area contributed by atoms with E-state index in [2.05, 4.69) is 5.32 Å². The molecule has 1 aromatic rings. The molecule has 1 fully saturated rings. The predicted octanol–water partition coefficient (Wildman–Crippen LogP) is 3.40. The molecule has 4 nitrogen and oxygen atoms in total. The third kappa shape index (κ3) is 5.35. The Morgan fingerprint density at radius 3 is 2.43 bits per heavy atom. The molecule has 1 amide bonds. The van der Waals surface area contributed by atoms with Gasteiger partial charge >= 0.3 is 0 Å². The lowest BCUT2D eigenvalue weighted by molar-refractivity contribution is -0.126. The molecule has 1 saturated carbocycles. The number of nitrogens with two attached hydrogens (primary N) is 1. The maximum atomic E-state index is 12.4. The first-order valence-corrected chi connectivity index (χ1v) is 8.27. The number of ether oxygens (including phenoxy) is 1. The van der Waals surface area contributed by atoms with Crippen LogP contribution < -0.4 is 11.1 Å². The molecule has 23 heavy (non-hydrogen) atoms. The van der Waals surface area contributed by atoms with Gasteiger partial charge in [0.25, 0.3) is 0 Å². The van der Waals surface area contributed by atoms with Gasteiger partial charge < -0.3 is 15.8 Å². The molecule has 0 heterocycles. The molecule has 2 rings (SSSR count). The molecular formula is C17H26Cl2N2O2. The summed E-state index contributed by atoms with van der Waals surface area (Å²) in [5.41, 5.74) is 6.45. The largest absolute Gasteiger partial charge is 0.380 e. The highest BCUT2D eigenvalue weighted by Crippen LogP contribution is 2.37. The van der Waals surface area contributed by atoms with Gasteiger partial charge in [-0.25, -0.2) is 0 Å². The van der Waals surface area contributed by atoms with Gasteiger partial charge in [-0.05, 0) is 30.5 Å². The zero-order valence-corrected chi connectivity index (χ0v) is 15.1. The summed E-state index contributed by atoms with van der Waals surface area (Å²) >= 11 is 5.99. The van der Waals surface area contributed by atoms with Crippen LogP contribution in [0.5, 0.6) is 0 Å². The lowest BCUT2D eigenvalue weighted by Gasteiger charge is -2.39. The van der Waals surface area contributed by atoms with Crippen LogP contribution in [-0.4, -0.2) is 25.7 Å². The van der Waals surface area contributed by atoms with E-state index in [1.807, 2.05) is 24.3 Å². The Morgan fingerprint density at radius 2 is 1.91 bits per heavy atom. The fraction of sp³-hybridized carbons (Fsp3) is 0.588. The number of hydrogen-bond donors (Lipinski definition) is 2. The minimum atomic E-state index is -0.285. The molecule has 0 aliphatic heterocycles. The third-order valence-electron chi connectivity index (χ3n) is 4.49. The summed E-state index contributed by atoms with van der Waals surface area (Å²) in [6.07, 6.45) is 5.44. The Balaban J connectivity index is 0.00000264. The van der Waals surface area contributed by atoms with Crippen molar-refractivity contribution < 1.29 is 9.53 Å². The second-order valence-electron chi connectivity index (χ2n) is 6.00. The fourth-order valence-corrected chi connectivity index (χ4v) is 3.32. The van der Waals surface area contributed by atoms with E-state index in [-0.39, 0.29) is 30.0 Å². The summed E-state index contributed by atoms with van der Waals surface area (Å²) in [4.78, 5) is 12.4. The van der Waals surface area contributed by atoms with Gasteiger partial charge in [0.15, 0.2) is 0 Å². The van der Waals surface area contributed by atoms with Crippen molar-refractivity contribution in [1.29, 1.82) is 0 Å². The van der Waals surface area contributed by atoms with E-state index in [1.165, 1.54) is 6.42 Å².